The van der Waals surface area contributed by atoms with E-state index in [9.17, 15) is 4.79 Å². The molecule has 1 aliphatic rings. The summed E-state index contributed by atoms with van der Waals surface area (Å²) in [5.74, 6) is 0.718. The standard InChI is InChI=1S/C29H27N7OS/c1-4-30-25-12-7-21(16-32-25)26-23-10-11-24-28(38-29(34-24)33-18(3)37)27(23)36(35-26)22-8-5-19(6-9-22)20-13-14-31-17(2)15-20/h5-9,12-16H,4,10-11H2,1-3H3,(H,30,32)(H,33,34,37). The fourth-order valence-corrected chi connectivity index (χ4v) is 5.95. The zero-order valence-corrected chi connectivity index (χ0v) is 22.3. The monoisotopic (exact) mass is 521 g/mol. The van der Waals surface area contributed by atoms with Gasteiger partial charge in [0.05, 0.1) is 27.6 Å². The highest BCUT2D eigenvalue weighted by molar-refractivity contribution is 7.19. The predicted octanol–water partition coefficient (Wildman–Crippen LogP) is 5.92. The lowest BCUT2D eigenvalue weighted by Gasteiger charge is -2.14. The largest absolute Gasteiger partial charge is 0.370 e. The number of anilines is 2. The first kappa shape index (κ1) is 24.0. The third-order valence-corrected chi connectivity index (χ3v) is 7.55. The van der Waals surface area contributed by atoms with Gasteiger partial charge in [-0.15, -0.1) is 0 Å². The van der Waals surface area contributed by atoms with Crippen LogP contribution in [0, 0.1) is 6.92 Å². The number of hydrogen-bond acceptors (Lipinski definition) is 7. The van der Waals surface area contributed by atoms with E-state index < -0.39 is 0 Å². The fourth-order valence-electron chi connectivity index (χ4n) is 4.83. The Balaban J connectivity index is 1.48. The number of aromatic nitrogens is 5. The first-order valence-corrected chi connectivity index (χ1v) is 13.4. The predicted molar refractivity (Wildman–Crippen MR) is 152 cm³/mol. The van der Waals surface area contributed by atoms with Gasteiger partial charge in [-0.3, -0.25) is 9.78 Å². The molecule has 0 atom stereocenters. The Morgan fingerprint density at radius 3 is 2.55 bits per heavy atom. The molecule has 1 amide bonds. The Morgan fingerprint density at radius 2 is 1.84 bits per heavy atom. The Bertz CT molecular complexity index is 1630. The van der Waals surface area contributed by atoms with E-state index in [1.807, 2.05) is 36.1 Å². The van der Waals surface area contributed by atoms with Crippen LogP contribution in [0.4, 0.5) is 10.9 Å². The Hall–Kier alpha value is -4.37. The molecule has 5 aromatic rings. The minimum Gasteiger partial charge on any atom is -0.370 e. The van der Waals surface area contributed by atoms with Crippen LogP contribution < -0.4 is 10.6 Å². The molecule has 6 rings (SSSR count). The average molecular weight is 522 g/mol. The van der Waals surface area contributed by atoms with Crippen molar-refractivity contribution < 1.29 is 4.79 Å². The van der Waals surface area contributed by atoms with Crippen molar-refractivity contribution in [2.75, 3.05) is 17.2 Å². The van der Waals surface area contributed by atoms with Crippen LogP contribution in [0.1, 0.15) is 30.8 Å². The lowest BCUT2D eigenvalue weighted by Crippen LogP contribution is -2.07. The van der Waals surface area contributed by atoms with E-state index in [-0.39, 0.29) is 5.91 Å². The van der Waals surface area contributed by atoms with Gasteiger partial charge in [0.15, 0.2) is 5.13 Å². The second-order valence-electron chi connectivity index (χ2n) is 9.26. The zero-order chi connectivity index (χ0) is 26.2. The third kappa shape index (κ3) is 4.45. The van der Waals surface area contributed by atoms with Gasteiger partial charge in [-0.2, -0.15) is 5.10 Å². The van der Waals surface area contributed by atoms with Crippen LogP contribution in [-0.2, 0) is 17.6 Å². The molecule has 9 heteroatoms. The first-order valence-electron chi connectivity index (χ1n) is 12.6. The molecule has 38 heavy (non-hydrogen) atoms. The number of aryl methyl sites for hydroxylation is 2. The lowest BCUT2D eigenvalue weighted by molar-refractivity contribution is -0.114. The van der Waals surface area contributed by atoms with Crippen LogP contribution >= 0.6 is 11.3 Å². The molecule has 4 aromatic heterocycles. The van der Waals surface area contributed by atoms with E-state index in [2.05, 4.69) is 63.9 Å². The highest BCUT2D eigenvalue weighted by Crippen LogP contribution is 2.44. The second-order valence-corrected chi connectivity index (χ2v) is 10.3. The van der Waals surface area contributed by atoms with Crippen LogP contribution in [0.2, 0.25) is 0 Å². The molecule has 4 heterocycles. The number of pyridine rings is 2. The van der Waals surface area contributed by atoms with E-state index in [0.717, 1.165) is 75.2 Å². The fraction of sp³-hybridized carbons (Fsp3) is 0.207. The number of carbonyl (C=O) groups is 1. The summed E-state index contributed by atoms with van der Waals surface area (Å²) in [4.78, 5) is 26.4. The topological polar surface area (TPSA) is 97.6 Å². The van der Waals surface area contributed by atoms with Gasteiger partial charge in [0.25, 0.3) is 0 Å². The lowest BCUT2D eigenvalue weighted by atomic mass is 9.95. The van der Waals surface area contributed by atoms with E-state index in [0.29, 0.717) is 5.13 Å². The van der Waals surface area contributed by atoms with Gasteiger partial charge in [0, 0.05) is 42.7 Å². The van der Waals surface area contributed by atoms with E-state index in [1.54, 1.807) is 0 Å². The molecule has 8 nitrogen and oxygen atoms in total. The molecule has 190 valence electrons. The van der Waals surface area contributed by atoms with Crippen LogP contribution in [0.3, 0.4) is 0 Å². The summed E-state index contributed by atoms with van der Waals surface area (Å²) in [6.45, 7) is 6.37. The van der Waals surface area contributed by atoms with E-state index >= 15 is 0 Å². The van der Waals surface area contributed by atoms with Crippen molar-refractivity contribution in [1.29, 1.82) is 0 Å². The summed E-state index contributed by atoms with van der Waals surface area (Å²) in [6.07, 6.45) is 5.32. The van der Waals surface area contributed by atoms with Crippen molar-refractivity contribution in [2.45, 2.75) is 33.6 Å². The van der Waals surface area contributed by atoms with Gasteiger partial charge in [0.1, 0.15) is 5.82 Å². The SMILES string of the molecule is CCNc1ccc(-c2nn(-c3ccc(-c4ccnc(C)c4)cc3)c3c2CCc2nc(NC(C)=O)sc2-3)cn1. The molecule has 0 saturated carbocycles. The van der Waals surface area contributed by atoms with Gasteiger partial charge in [0.2, 0.25) is 5.91 Å². The highest BCUT2D eigenvalue weighted by atomic mass is 32.1. The number of nitrogens with one attached hydrogen (secondary N) is 2. The minimum absolute atomic E-state index is 0.126. The van der Waals surface area contributed by atoms with Crippen molar-refractivity contribution in [3.05, 3.63) is 77.9 Å². The highest BCUT2D eigenvalue weighted by Gasteiger charge is 2.30. The van der Waals surface area contributed by atoms with Gasteiger partial charge < -0.3 is 10.6 Å². The smallest absolute Gasteiger partial charge is 0.223 e. The molecule has 1 aliphatic carbocycles. The van der Waals surface area contributed by atoms with Crippen molar-refractivity contribution in [2.24, 2.45) is 0 Å². The van der Waals surface area contributed by atoms with Crippen LogP contribution in [0.5, 0.6) is 0 Å². The normalized spacial score (nSPS) is 12.1. The number of rotatable bonds is 6. The molecule has 0 radical (unpaired) electrons. The van der Waals surface area contributed by atoms with Gasteiger partial charge >= 0.3 is 0 Å². The van der Waals surface area contributed by atoms with E-state index in [1.165, 1.54) is 23.8 Å². The number of benzene rings is 1. The molecule has 0 aliphatic heterocycles. The van der Waals surface area contributed by atoms with Crippen molar-refractivity contribution in [1.82, 2.24) is 24.7 Å². The molecule has 0 unspecified atom stereocenters. The minimum atomic E-state index is -0.126. The van der Waals surface area contributed by atoms with Crippen molar-refractivity contribution in [3.8, 4) is 38.6 Å². The maximum Gasteiger partial charge on any atom is 0.223 e. The molecule has 0 spiro atoms. The molecule has 1 aromatic carbocycles. The second kappa shape index (κ2) is 9.83. The summed E-state index contributed by atoms with van der Waals surface area (Å²) >= 11 is 1.50. The molecular weight excluding hydrogens is 494 g/mol. The van der Waals surface area contributed by atoms with Crippen molar-refractivity contribution in [3.63, 3.8) is 0 Å². The van der Waals surface area contributed by atoms with Gasteiger partial charge in [-0.25, -0.2) is 14.6 Å². The van der Waals surface area contributed by atoms with Gasteiger partial charge in [-0.1, -0.05) is 23.5 Å². The molecular formula is C29H27N7OS. The summed E-state index contributed by atoms with van der Waals surface area (Å²) in [7, 11) is 0. The van der Waals surface area contributed by atoms with Crippen LogP contribution in [0.25, 0.3) is 38.6 Å². The summed E-state index contributed by atoms with van der Waals surface area (Å²) in [6, 6.07) is 16.6. The summed E-state index contributed by atoms with van der Waals surface area (Å²) < 4.78 is 2.01. The maximum atomic E-state index is 11.7. The van der Waals surface area contributed by atoms with Crippen LogP contribution in [-0.4, -0.2) is 37.2 Å². The molecule has 2 N–H and O–H groups in total. The Morgan fingerprint density at radius 1 is 1.03 bits per heavy atom. The summed E-state index contributed by atoms with van der Waals surface area (Å²) in [5, 5.41) is 11.9. The van der Waals surface area contributed by atoms with E-state index in [4.69, 9.17) is 10.1 Å². The summed E-state index contributed by atoms with van der Waals surface area (Å²) in [5.41, 5.74) is 9.27. The van der Waals surface area contributed by atoms with Crippen LogP contribution in [0.15, 0.2) is 60.9 Å². The first-order chi connectivity index (χ1) is 18.5. The number of hydrogen-bond donors (Lipinski definition) is 2. The number of nitrogens with zero attached hydrogens (tertiary/aromatic N) is 5. The Labute approximate surface area is 224 Å². The number of fused-ring (bicyclic) bond motifs is 3. The zero-order valence-electron chi connectivity index (χ0n) is 21.4. The number of carbonyl (C=O) groups excluding carboxylic acids is 1. The maximum absolute atomic E-state index is 11.7. The Kier molecular flexibility index (Phi) is 6.21. The third-order valence-electron chi connectivity index (χ3n) is 6.53. The quantitative estimate of drug-likeness (QED) is 0.288. The average Bonchev–Trinajstić information content (AvgIpc) is 3.50. The number of thiazole rings is 1. The number of amides is 1. The van der Waals surface area contributed by atoms with Crippen molar-refractivity contribution >= 4 is 28.2 Å². The molecule has 0 fully saturated rings. The van der Waals surface area contributed by atoms with Gasteiger partial charge in [-0.05, 0) is 74.2 Å². The molecule has 0 bridgehead atoms. The molecule has 0 saturated heterocycles.